The highest BCUT2D eigenvalue weighted by molar-refractivity contribution is 6.30. The Labute approximate surface area is 123 Å². The number of anilines is 1. The molecule has 20 heavy (non-hydrogen) atoms. The van der Waals surface area contributed by atoms with E-state index in [2.05, 4.69) is 10.6 Å². The molecule has 1 saturated heterocycles. The number of amides is 1. The molecule has 2 N–H and O–H groups in total. The highest BCUT2D eigenvalue weighted by Gasteiger charge is 2.40. The number of halogens is 1. The SMILES string of the molecule is O=C(CNC1CCOC1C1CC1)Nc1cccc(Cl)c1. The van der Waals surface area contributed by atoms with Gasteiger partial charge in [0.05, 0.1) is 12.6 Å². The van der Waals surface area contributed by atoms with E-state index in [4.69, 9.17) is 16.3 Å². The molecule has 2 unspecified atom stereocenters. The third-order valence-electron chi connectivity index (χ3n) is 3.86. The molecule has 0 bridgehead atoms. The second-order valence-electron chi connectivity index (χ2n) is 5.51. The van der Waals surface area contributed by atoms with Crippen molar-refractivity contribution in [3.05, 3.63) is 29.3 Å². The van der Waals surface area contributed by atoms with Crippen LogP contribution in [0.1, 0.15) is 19.3 Å². The molecule has 1 aliphatic heterocycles. The minimum Gasteiger partial charge on any atom is -0.376 e. The van der Waals surface area contributed by atoms with Gasteiger partial charge in [0, 0.05) is 23.4 Å². The van der Waals surface area contributed by atoms with Gasteiger partial charge in [0.15, 0.2) is 0 Å². The third kappa shape index (κ3) is 3.51. The lowest BCUT2D eigenvalue weighted by Crippen LogP contribution is -2.41. The maximum absolute atomic E-state index is 11.9. The van der Waals surface area contributed by atoms with Crippen LogP contribution in [0.2, 0.25) is 5.02 Å². The van der Waals surface area contributed by atoms with Crippen molar-refractivity contribution in [1.82, 2.24) is 5.32 Å². The molecule has 2 aliphatic rings. The maximum Gasteiger partial charge on any atom is 0.238 e. The van der Waals surface area contributed by atoms with Crippen LogP contribution in [0, 0.1) is 5.92 Å². The summed E-state index contributed by atoms with van der Waals surface area (Å²) in [6.07, 6.45) is 3.81. The monoisotopic (exact) mass is 294 g/mol. The molecule has 1 saturated carbocycles. The zero-order valence-electron chi connectivity index (χ0n) is 11.3. The predicted molar refractivity (Wildman–Crippen MR) is 79.0 cm³/mol. The molecule has 1 heterocycles. The van der Waals surface area contributed by atoms with E-state index in [1.54, 1.807) is 12.1 Å². The van der Waals surface area contributed by atoms with Gasteiger partial charge in [0.1, 0.15) is 0 Å². The van der Waals surface area contributed by atoms with Crippen molar-refractivity contribution in [3.63, 3.8) is 0 Å². The molecule has 4 nitrogen and oxygen atoms in total. The van der Waals surface area contributed by atoms with E-state index in [-0.39, 0.29) is 5.91 Å². The molecule has 0 spiro atoms. The predicted octanol–water partition coefficient (Wildman–Crippen LogP) is 2.44. The Bertz CT molecular complexity index is 491. The minimum atomic E-state index is -0.0475. The summed E-state index contributed by atoms with van der Waals surface area (Å²) in [5.74, 6) is 0.653. The van der Waals surface area contributed by atoms with Crippen LogP contribution in [0.25, 0.3) is 0 Å². The first-order valence-corrected chi connectivity index (χ1v) is 7.50. The van der Waals surface area contributed by atoms with Crippen molar-refractivity contribution < 1.29 is 9.53 Å². The minimum absolute atomic E-state index is 0.0475. The molecule has 1 aliphatic carbocycles. The van der Waals surface area contributed by atoms with Gasteiger partial charge < -0.3 is 15.4 Å². The normalized spacial score (nSPS) is 25.6. The third-order valence-corrected chi connectivity index (χ3v) is 4.09. The summed E-state index contributed by atoms with van der Waals surface area (Å²) in [5, 5.41) is 6.78. The Morgan fingerprint density at radius 1 is 1.35 bits per heavy atom. The van der Waals surface area contributed by atoms with Crippen LogP contribution in [0.15, 0.2) is 24.3 Å². The summed E-state index contributed by atoms with van der Waals surface area (Å²) < 4.78 is 5.74. The largest absolute Gasteiger partial charge is 0.376 e. The molecule has 0 aromatic heterocycles. The first-order valence-electron chi connectivity index (χ1n) is 7.13. The van der Waals surface area contributed by atoms with E-state index in [0.29, 0.717) is 29.6 Å². The van der Waals surface area contributed by atoms with Crippen LogP contribution >= 0.6 is 11.6 Å². The summed E-state index contributed by atoms with van der Waals surface area (Å²) >= 11 is 5.89. The fourth-order valence-electron chi connectivity index (χ4n) is 2.71. The highest BCUT2D eigenvalue weighted by Crippen LogP contribution is 2.38. The standard InChI is InChI=1S/C15H19ClN2O2/c16-11-2-1-3-12(8-11)18-14(19)9-17-13-6-7-20-15(13)10-4-5-10/h1-3,8,10,13,15,17H,4-7,9H2,(H,18,19). The Kier molecular flexibility index (Phi) is 4.24. The first kappa shape index (κ1) is 13.9. The lowest BCUT2D eigenvalue weighted by molar-refractivity contribution is -0.115. The second-order valence-corrected chi connectivity index (χ2v) is 5.94. The zero-order chi connectivity index (χ0) is 13.9. The fourth-order valence-corrected chi connectivity index (χ4v) is 2.90. The Morgan fingerprint density at radius 3 is 2.95 bits per heavy atom. The topological polar surface area (TPSA) is 50.4 Å². The van der Waals surface area contributed by atoms with Gasteiger partial charge in [0.2, 0.25) is 5.91 Å². The number of carbonyl (C=O) groups excluding carboxylic acids is 1. The quantitative estimate of drug-likeness (QED) is 0.877. The Morgan fingerprint density at radius 2 is 2.20 bits per heavy atom. The van der Waals surface area contributed by atoms with Crippen molar-refractivity contribution >= 4 is 23.2 Å². The van der Waals surface area contributed by atoms with E-state index in [1.165, 1.54) is 12.8 Å². The van der Waals surface area contributed by atoms with Crippen LogP contribution < -0.4 is 10.6 Å². The lowest BCUT2D eigenvalue weighted by atomic mass is 10.1. The molecule has 1 aromatic rings. The molecular weight excluding hydrogens is 276 g/mol. The van der Waals surface area contributed by atoms with Gasteiger partial charge in [-0.15, -0.1) is 0 Å². The number of nitrogens with one attached hydrogen (secondary N) is 2. The number of carbonyl (C=O) groups is 1. The number of ether oxygens (including phenoxy) is 1. The molecule has 1 amide bonds. The average Bonchev–Trinajstić information content (AvgIpc) is 3.15. The maximum atomic E-state index is 11.9. The van der Waals surface area contributed by atoms with Crippen molar-refractivity contribution in [3.8, 4) is 0 Å². The van der Waals surface area contributed by atoms with Crippen molar-refractivity contribution in [1.29, 1.82) is 0 Å². The van der Waals surface area contributed by atoms with Crippen LogP contribution in [-0.4, -0.2) is 31.2 Å². The van der Waals surface area contributed by atoms with Gasteiger partial charge in [-0.3, -0.25) is 4.79 Å². The van der Waals surface area contributed by atoms with Crippen molar-refractivity contribution in [2.45, 2.75) is 31.4 Å². The van der Waals surface area contributed by atoms with Crippen molar-refractivity contribution in [2.24, 2.45) is 5.92 Å². The molecule has 108 valence electrons. The molecular formula is C15H19ClN2O2. The van der Waals surface area contributed by atoms with Gasteiger partial charge in [-0.05, 0) is 43.4 Å². The van der Waals surface area contributed by atoms with Gasteiger partial charge in [-0.1, -0.05) is 17.7 Å². The Hall–Kier alpha value is -1.10. The van der Waals surface area contributed by atoms with Crippen LogP contribution in [0.5, 0.6) is 0 Å². The molecule has 3 rings (SSSR count). The molecule has 1 aromatic carbocycles. The van der Waals surface area contributed by atoms with Gasteiger partial charge in [0.25, 0.3) is 0 Å². The summed E-state index contributed by atoms with van der Waals surface area (Å²) in [5.41, 5.74) is 0.728. The van der Waals surface area contributed by atoms with Gasteiger partial charge in [-0.2, -0.15) is 0 Å². The summed E-state index contributed by atoms with van der Waals surface area (Å²) in [7, 11) is 0. The zero-order valence-corrected chi connectivity index (χ0v) is 12.0. The van der Waals surface area contributed by atoms with E-state index in [9.17, 15) is 4.79 Å². The lowest BCUT2D eigenvalue weighted by Gasteiger charge is -2.19. The number of hydrogen-bond acceptors (Lipinski definition) is 3. The number of rotatable bonds is 5. The number of benzene rings is 1. The first-order chi connectivity index (χ1) is 9.72. The van der Waals surface area contributed by atoms with Crippen LogP contribution in [0.3, 0.4) is 0 Å². The van der Waals surface area contributed by atoms with Crippen LogP contribution in [-0.2, 0) is 9.53 Å². The van der Waals surface area contributed by atoms with E-state index in [1.807, 2.05) is 12.1 Å². The molecule has 2 atom stereocenters. The van der Waals surface area contributed by atoms with Crippen LogP contribution in [0.4, 0.5) is 5.69 Å². The number of hydrogen-bond donors (Lipinski definition) is 2. The summed E-state index contributed by atoms with van der Waals surface area (Å²) in [4.78, 5) is 11.9. The summed E-state index contributed by atoms with van der Waals surface area (Å²) in [6, 6.07) is 7.48. The highest BCUT2D eigenvalue weighted by atomic mass is 35.5. The van der Waals surface area contributed by atoms with Crippen molar-refractivity contribution in [2.75, 3.05) is 18.5 Å². The molecule has 2 fully saturated rings. The average molecular weight is 295 g/mol. The van der Waals surface area contributed by atoms with Gasteiger partial charge in [-0.25, -0.2) is 0 Å². The van der Waals surface area contributed by atoms with Gasteiger partial charge >= 0.3 is 0 Å². The molecule has 0 radical (unpaired) electrons. The smallest absolute Gasteiger partial charge is 0.238 e. The molecule has 5 heteroatoms. The van der Waals surface area contributed by atoms with E-state index >= 15 is 0 Å². The van der Waals surface area contributed by atoms with E-state index < -0.39 is 0 Å². The fraction of sp³-hybridized carbons (Fsp3) is 0.533. The second kappa shape index (κ2) is 6.12. The summed E-state index contributed by atoms with van der Waals surface area (Å²) in [6.45, 7) is 1.11. The Balaban J connectivity index is 1.47. The van der Waals surface area contributed by atoms with E-state index in [0.717, 1.165) is 18.7 Å².